The number of nitrogens with one attached hydrogen (secondary N) is 1. The summed E-state index contributed by atoms with van der Waals surface area (Å²) in [5, 5.41) is 3.19. The molecule has 3 rings (SSSR count). The maximum atomic E-state index is 13.3. The lowest BCUT2D eigenvalue weighted by molar-refractivity contribution is -0.142. The number of aryl methyl sites for hydroxylation is 1. The Bertz CT molecular complexity index is 839. The van der Waals surface area contributed by atoms with Gasteiger partial charge in [-0.05, 0) is 37.3 Å². The topological polar surface area (TPSA) is 54.9 Å². The molecule has 0 spiro atoms. The Morgan fingerprint density at radius 1 is 1.15 bits per heavy atom. The zero-order chi connectivity index (χ0) is 19.4. The van der Waals surface area contributed by atoms with Crippen molar-refractivity contribution in [1.82, 2.24) is 15.3 Å². The van der Waals surface area contributed by atoms with Gasteiger partial charge in [0.2, 0.25) is 5.91 Å². The molecule has 0 bridgehead atoms. The summed E-state index contributed by atoms with van der Waals surface area (Å²) in [7, 11) is 0. The van der Waals surface area contributed by atoms with E-state index in [1.165, 1.54) is 0 Å². The van der Waals surface area contributed by atoms with Crippen molar-refractivity contribution in [2.24, 2.45) is 0 Å². The van der Waals surface area contributed by atoms with E-state index in [-0.39, 0.29) is 36.7 Å². The maximum absolute atomic E-state index is 13.3. The Morgan fingerprint density at radius 3 is 2.63 bits per heavy atom. The van der Waals surface area contributed by atoms with Gasteiger partial charge in [0.05, 0.1) is 6.42 Å². The molecule has 2 aromatic rings. The van der Waals surface area contributed by atoms with Gasteiger partial charge in [0.25, 0.3) is 0 Å². The molecule has 1 aliphatic carbocycles. The van der Waals surface area contributed by atoms with E-state index in [2.05, 4.69) is 15.3 Å². The molecule has 0 saturated heterocycles. The Hall–Kier alpha value is -2.15. The van der Waals surface area contributed by atoms with Gasteiger partial charge in [0.1, 0.15) is 5.82 Å². The van der Waals surface area contributed by atoms with Gasteiger partial charge in [-0.15, -0.1) is 0 Å². The summed E-state index contributed by atoms with van der Waals surface area (Å²) < 4.78 is 39.9. The molecule has 1 amide bonds. The average molecular weight is 398 g/mol. The summed E-state index contributed by atoms with van der Waals surface area (Å²) in [5.74, 6) is -0.141. The number of fused-ring (bicyclic) bond motifs is 1. The predicted molar refractivity (Wildman–Crippen MR) is 95.5 cm³/mol. The van der Waals surface area contributed by atoms with Gasteiger partial charge in [-0.25, -0.2) is 9.97 Å². The fourth-order valence-corrected chi connectivity index (χ4v) is 3.38. The van der Waals surface area contributed by atoms with Gasteiger partial charge >= 0.3 is 6.18 Å². The highest BCUT2D eigenvalue weighted by atomic mass is 35.5. The molecule has 1 heterocycles. The van der Waals surface area contributed by atoms with Crippen LogP contribution >= 0.6 is 11.6 Å². The first kappa shape index (κ1) is 19.6. The zero-order valence-electron chi connectivity index (χ0n) is 14.6. The second-order valence-electron chi connectivity index (χ2n) is 6.49. The number of alkyl halides is 3. The zero-order valence-corrected chi connectivity index (χ0v) is 15.3. The molecule has 8 heteroatoms. The molecule has 1 aromatic heterocycles. The summed E-state index contributed by atoms with van der Waals surface area (Å²) in [5.41, 5.74) is 0.576. The first-order valence-corrected chi connectivity index (χ1v) is 9.18. The number of carbonyl (C=O) groups excluding carboxylic acids is 1. The van der Waals surface area contributed by atoms with E-state index in [1.807, 2.05) is 0 Å². The van der Waals surface area contributed by atoms with Crippen molar-refractivity contribution in [2.75, 3.05) is 6.54 Å². The maximum Gasteiger partial charge on any atom is 0.433 e. The van der Waals surface area contributed by atoms with Crippen molar-refractivity contribution in [1.29, 1.82) is 0 Å². The lowest BCUT2D eigenvalue weighted by Gasteiger charge is -2.20. The first-order valence-electron chi connectivity index (χ1n) is 8.80. The number of benzene rings is 1. The van der Waals surface area contributed by atoms with Gasteiger partial charge in [0.15, 0.2) is 5.69 Å². The van der Waals surface area contributed by atoms with Crippen LogP contribution in [0.1, 0.15) is 41.2 Å². The molecule has 0 atom stereocenters. The van der Waals surface area contributed by atoms with E-state index in [4.69, 9.17) is 11.6 Å². The monoisotopic (exact) mass is 397 g/mol. The molecule has 1 aliphatic rings. The first-order chi connectivity index (χ1) is 12.8. The minimum atomic E-state index is -4.49. The van der Waals surface area contributed by atoms with E-state index in [1.54, 1.807) is 24.3 Å². The molecule has 0 unspecified atom stereocenters. The van der Waals surface area contributed by atoms with Crippen LogP contribution in [0.3, 0.4) is 0 Å². The van der Waals surface area contributed by atoms with Crippen LogP contribution in [0.15, 0.2) is 24.3 Å². The average Bonchev–Trinajstić information content (AvgIpc) is 2.62. The lowest BCUT2D eigenvalue weighted by atomic mass is 9.94. The van der Waals surface area contributed by atoms with Gasteiger partial charge < -0.3 is 5.32 Å². The van der Waals surface area contributed by atoms with Crippen molar-refractivity contribution in [2.45, 2.75) is 44.7 Å². The molecule has 144 valence electrons. The number of carbonyl (C=O) groups is 1. The molecule has 0 fully saturated rings. The molecule has 4 nitrogen and oxygen atoms in total. The SMILES string of the molecule is O=C(Cc1ccccc1Cl)NCCc1nc2c(c(C(F)(F)F)n1)CCCC2. The molecule has 27 heavy (non-hydrogen) atoms. The van der Waals surface area contributed by atoms with Crippen molar-refractivity contribution in [3.63, 3.8) is 0 Å². The van der Waals surface area contributed by atoms with Gasteiger partial charge in [0, 0.05) is 29.2 Å². The number of nitrogens with zero attached hydrogens (tertiary/aromatic N) is 2. The number of rotatable bonds is 5. The highest BCUT2D eigenvalue weighted by molar-refractivity contribution is 6.31. The van der Waals surface area contributed by atoms with E-state index < -0.39 is 11.9 Å². The Kier molecular flexibility index (Phi) is 5.99. The Morgan fingerprint density at radius 2 is 1.89 bits per heavy atom. The lowest BCUT2D eigenvalue weighted by Crippen LogP contribution is -2.28. The van der Waals surface area contributed by atoms with Crippen LogP contribution in [0.5, 0.6) is 0 Å². The minimum absolute atomic E-state index is 0.110. The molecular formula is C19H19ClF3N3O. The summed E-state index contributed by atoms with van der Waals surface area (Å²) >= 11 is 6.02. The number of hydrogen-bond acceptors (Lipinski definition) is 3. The Balaban J connectivity index is 1.64. The summed E-state index contributed by atoms with van der Waals surface area (Å²) in [4.78, 5) is 20.1. The number of aromatic nitrogens is 2. The van der Waals surface area contributed by atoms with E-state index >= 15 is 0 Å². The van der Waals surface area contributed by atoms with E-state index in [0.29, 0.717) is 29.1 Å². The smallest absolute Gasteiger partial charge is 0.355 e. The third-order valence-corrected chi connectivity index (χ3v) is 4.85. The quantitative estimate of drug-likeness (QED) is 0.831. The predicted octanol–water partition coefficient (Wildman–Crippen LogP) is 3.93. The Labute approximate surface area is 160 Å². The highest BCUT2D eigenvalue weighted by Gasteiger charge is 2.37. The fraction of sp³-hybridized carbons (Fsp3) is 0.421. The number of halogens is 4. The van der Waals surface area contributed by atoms with Crippen molar-refractivity contribution in [3.8, 4) is 0 Å². The minimum Gasteiger partial charge on any atom is -0.355 e. The van der Waals surface area contributed by atoms with E-state index in [9.17, 15) is 18.0 Å². The van der Waals surface area contributed by atoms with Gasteiger partial charge in [-0.1, -0.05) is 29.8 Å². The second kappa shape index (κ2) is 8.25. The van der Waals surface area contributed by atoms with Crippen molar-refractivity contribution >= 4 is 17.5 Å². The van der Waals surface area contributed by atoms with Crippen LogP contribution in [-0.2, 0) is 36.7 Å². The standard InChI is InChI=1S/C19H19ClF3N3O/c20-14-7-3-1-5-12(14)11-17(27)24-10-9-16-25-15-8-4-2-6-13(15)18(26-16)19(21,22)23/h1,3,5,7H,2,4,6,8-11H2,(H,24,27). The van der Waals surface area contributed by atoms with Gasteiger partial charge in [-0.3, -0.25) is 4.79 Å². The van der Waals surface area contributed by atoms with Crippen LogP contribution in [0.2, 0.25) is 5.02 Å². The summed E-state index contributed by atoms with van der Waals surface area (Å²) in [6, 6.07) is 7.01. The number of amides is 1. The molecule has 1 N–H and O–H groups in total. The third kappa shape index (κ3) is 4.97. The van der Waals surface area contributed by atoms with Crippen molar-refractivity contribution < 1.29 is 18.0 Å². The third-order valence-electron chi connectivity index (χ3n) is 4.48. The molecular weight excluding hydrogens is 379 g/mol. The van der Waals surface area contributed by atoms with Crippen LogP contribution in [0.25, 0.3) is 0 Å². The normalized spacial score (nSPS) is 13.9. The molecule has 0 saturated carbocycles. The number of hydrogen-bond donors (Lipinski definition) is 1. The fourth-order valence-electron chi connectivity index (χ4n) is 3.18. The largest absolute Gasteiger partial charge is 0.433 e. The molecule has 1 aromatic carbocycles. The van der Waals surface area contributed by atoms with E-state index in [0.717, 1.165) is 12.8 Å². The highest BCUT2D eigenvalue weighted by Crippen LogP contribution is 2.34. The van der Waals surface area contributed by atoms with Crippen LogP contribution < -0.4 is 5.32 Å². The van der Waals surface area contributed by atoms with Gasteiger partial charge in [-0.2, -0.15) is 13.2 Å². The van der Waals surface area contributed by atoms with Crippen LogP contribution in [0.4, 0.5) is 13.2 Å². The van der Waals surface area contributed by atoms with Crippen LogP contribution in [0, 0.1) is 0 Å². The van der Waals surface area contributed by atoms with Crippen LogP contribution in [-0.4, -0.2) is 22.4 Å². The van der Waals surface area contributed by atoms with Crippen molar-refractivity contribution in [3.05, 3.63) is 57.6 Å². The summed E-state index contributed by atoms with van der Waals surface area (Å²) in [6.45, 7) is 0.166. The molecule has 0 radical (unpaired) electrons. The second-order valence-corrected chi connectivity index (χ2v) is 6.89. The molecule has 0 aliphatic heterocycles. The summed E-state index contributed by atoms with van der Waals surface area (Å²) in [6.07, 6.45) is -1.80.